The molecule has 0 amide bonds. The fraction of sp³-hybridized carbons (Fsp3) is 0.952. The van der Waals surface area contributed by atoms with Gasteiger partial charge < -0.3 is 10.2 Å². The lowest BCUT2D eigenvalue weighted by Crippen LogP contribution is -2.63. The van der Waals surface area contributed by atoms with Crippen molar-refractivity contribution >= 4 is 5.78 Å². The summed E-state index contributed by atoms with van der Waals surface area (Å²) in [6.45, 7) is 7.07. The Labute approximate surface area is 146 Å². The van der Waals surface area contributed by atoms with Crippen LogP contribution in [0.4, 0.5) is 0 Å². The first-order valence-corrected chi connectivity index (χ1v) is 10.2. The van der Waals surface area contributed by atoms with Gasteiger partial charge in [0.25, 0.3) is 0 Å². The van der Waals surface area contributed by atoms with E-state index >= 15 is 0 Å². The number of aliphatic hydroxyl groups is 2. The van der Waals surface area contributed by atoms with Crippen LogP contribution in [-0.2, 0) is 4.79 Å². The van der Waals surface area contributed by atoms with E-state index in [1.807, 2.05) is 0 Å². The molecule has 0 aliphatic heterocycles. The Kier molecular flexibility index (Phi) is 3.93. The Morgan fingerprint density at radius 1 is 0.958 bits per heavy atom. The molecule has 0 spiro atoms. The summed E-state index contributed by atoms with van der Waals surface area (Å²) in [7, 11) is 0. The largest absolute Gasteiger partial charge is 0.390 e. The predicted molar refractivity (Wildman–Crippen MR) is 93.3 cm³/mol. The molecule has 136 valence electrons. The second kappa shape index (κ2) is 5.54. The number of Topliss-reactive ketones (excluding diaryl/α,β-unsaturated/α-hetero) is 1. The minimum absolute atomic E-state index is 0.0306. The van der Waals surface area contributed by atoms with E-state index in [2.05, 4.69) is 20.8 Å². The Morgan fingerprint density at radius 3 is 2.38 bits per heavy atom. The fourth-order valence-corrected chi connectivity index (χ4v) is 7.83. The van der Waals surface area contributed by atoms with Crippen molar-refractivity contribution in [2.24, 2.45) is 40.4 Å². The van der Waals surface area contributed by atoms with Crippen LogP contribution in [0.2, 0.25) is 0 Å². The zero-order valence-electron chi connectivity index (χ0n) is 15.5. The van der Waals surface area contributed by atoms with Crippen molar-refractivity contribution < 1.29 is 15.0 Å². The minimum Gasteiger partial charge on any atom is -0.390 e. The first-order chi connectivity index (χ1) is 11.3. The predicted octanol–water partition coefficient (Wildman–Crippen LogP) is 3.57. The summed E-state index contributed by atoms with van der Waals surface area (Å²) in [6.07, 6.45) is 6.83. The second-order valence-corrected chi connectivity index (χ2v) is 9.85. The van der Waals surface area contributed by atoms with Crippen molar-refractivity contribution in [1.29, 1.82) is 0 Å². The Bertz CT molecular complexity index is 531. The van der Waals surface area contributed by atoms with E-state index in [9.17, 15) is 15.0 Å². The molecule has 0 aromatic rings. The quantitative estimate of drug-likeness (QED) is 0.771. The molecule has 4 aliphatic carbocycles. The normalized spacial score (nSPS) is 57.2. The molecule has 0 aromatic heterocycles. The Hall–Kier alpha value is -0.410. The van der Waals surface area contributed by atoms with Crippen LogP contribution in [0.3, 0.4) is 0 Å². The van der Waals surface area contributed by atoms with Crippen LogP contribution in [0.5, 0.6) is 0 Å². The lowest BCUT2D eigenvalue weighted by atomic mass is 9.43. The van der Waals surface area contributed by atoms with Gasteiger partial charge in [-0.3, -0.25) is 4.79 Å². The van der Waals surface area contributed by atoms with Gasteiger partial charge in [0.05, 0.1) is 12.2 Å². The van der Waals surface area contributed by atoms with Crippen LogP contribution in [0.1, 0.15) is 72.1 Å². The summed E-state index contributed by atoms with van der Waals surface area (Å²) in [6, 6.07) is 0. The topological polar surface area (TPSA) is 57.5 Å². The highest BCUT2D eigenvalue weighted by Crippen LogP contribution is 2.67. The molecule has 9 atom stereocenters. The zero-order valence-corrected chi connectivity index (χ0v) is 15.5. The molecule has 3 nitrogen and oxygen atoms in total. The summed E-state index contributed by atoms with van der Waals surface area (Å²) < 4.78 is 0. The first kappa shape index (κ1) is 17.0. The van der Waals surface area contributed by atoms with E-state index in [-0.39, 0.29) is 23.0 Å². The summed E-state index contributed by atoms with van der Waals surface area (Å²) in [5.41, 5.74) is 0.368. The molecule has 0 radical (unpaired) electrons. The number of hydrogen-bond donors (Lipinski definition) is 2. The van der Waals surface area contributed by atoms with Gasteiger partial charge in [0.1, 0.15) is 5.78 Å². The number of rotatable bonds is 1. The Morgan fingerprint density at radius 2 is 1.67 bits per heavy atom. The lowest BCUT2D eigenvalue weighted by molar-refractivity contribution is -0.213. The average molecular weight is 335 g/mol. The van der Waals surface area contributed by atoms with Gasteiger partial charge in [0.15, 0.2) is 0 Å². The molecule has 0 saturated heterocycles. The number of carbonyl (C=O) groups is 1. The fourth-order valence-electron chi connectivity index (χ4n) is 7.83. The van der Waals surface area contributed by atoms with Crippen molar-refractivity contribution in [3.63, 3.8) is 0 Å². The molecule has 0 aromatic carbocycles. The van der Waals surface area contributed by atoms with Gasteiger partial charge in [-0.05, 0) is 72.5 Å². The van der Waals surface area contributed by atoms with Crippen LogP contribution in [0.15, 0.2) is 0 Å². The van der Waals surface area contributed by atoms with Gasteiger partial charge in [-0.1, -0.05) is 27.2 Å². The van der Waals surface area contributed by atoms with Gasteiger partial charge in [-0.2, -0.15) is 0 Å². The lowest BCUT2D eigenvalue weighted by Gasteiger charge is -2.63. The van der Waals surface area contributed by atoms with Crippen LogP contribution in [-0.4, -0.2) is 28.2 Å². The number of ketones is 1. The average Bonchev–Trinajstić information content (AvgIpc) is 2.90. The van der Waals surface area contributed by atoms with Crippen molar-refractivity contribution in [1.82, 2.24) is 0 Å². The summed E-state index contributed by atoms with van der Waals surface area (Å²) in [5, 5.41) is 22.0. The van der Waals surface area contributed by atoms with E-state index in [1.54, 1.807) is 0 Å². The molecule has 3 heteroatoms. The zero-order chi connectivity index (χ0) is 17.3. The first-order valence-electron chi connectivity index (χ1n) is 10.2. The van der Waals surface area contributed by atoms with Crippen LogP contribution >= 0.6 is 0 Å². The summed E-state index contributed by atoms with van der Waals surface area (Å²) in [5.74, 6) is 2.25. The third-order valence-corrected chi connectivity index (χ3v) is 9.26. The third-order valence-electron chi connectivity index (χ3n) is 9.26. The van der Waals surface area contributed by atoms with Crippen LogP contribution in [0.25, 0.3) is 0 Å². The maximum atomic E-state index is 12.0. The molecule has 0 heterocycles. The van der Waals surface area contributed by atoms with E-state index in [4.69, 9.17) is 0 Å². The van der Waals surface area contributed by atoms with Gasteiger partial charge >= 0.3 is 0 Å². The SMILES string of the molecule is CC[C@H]1CC[C@H]2[C@@H]3C(O)C(O)C4CC(=O)CC[C@]4(C)[C@H]3CC[C@]12C. The standard InChI is InChI=1S/C21H34O3/c1-4-12-5-6-14-17-15(8-10-20(12,14)2)21(3)9-7-13(22)11-16(21)18(23)19(17)24/h12,14-19,23-24H,4-11H2,1-3H3/t12-,14-,15-,16?,17-,18?,19?,20+,21+/m0/s1. The molecular formula is C21H34O3. The molecule has 4 rings (SSSR count). The molecule has 4 fully saturated rings. The maximum absolute atomic E-state index is 12.0. The molecular weight excluding hydrogens is 300 g/mol. The summed E-state index contributed by atoms with van der Waals surface area (Å²) in [4.78, 5) is 12.0. The highest BCUT2D eigenvalue weighted by molar-refractivity contribution is 5.79. The van der Waals surface area contributed by atoms with Crippen molar-refractivity contribution in [2.45, 2.75) is 84.3 Å². The van der Waals surface area contributed by atoms with E-state index in [0.717, 1.165) is 12.3 Å². The highest BCUT2D eigenvalue weighted by Gasteiger charge is 2.64. The molecule has 0 bridgehead atoms. The molecule has 4 saturated carbocycles. The number of hydrogen-bond acceptors (Lipinski definition) is 3. The van der Waals surface area contributed by atoms with Crippen molar-refractivity contribution in [2.75, 3.05) is 0 Å². The maximum Gasteiger partial charge on any atom is 0.133 e. The van der Waals surface area contributed by atoms with Gasteiger partial charge in [-0.25, -0.2) is 0 Å². The highest BCUT2D eigenvalue weighted by atomic mass is 16.3. The van der Waals surface area contributed by atoms with Crippen molar-refractivity contribution in [3.05, 3.63) is 0 Å². The molecule has 24 heavy (non-hydrogen) atoms. The molecule has 3 unspecified atom stereocenters. The number of aliphatic hydroxyl groups excluding tert-OH is 2. The van der Waals surface area contributed by atoms with Crippen molar-refractivity contribution in [3.8, 4) is 0 Å². The Balaban J connectivity index is 1.71. The van der Waals surface area contributed by atoms with Gasteiger partial charge in [0.2, 0.25) is 0 Å². The van der Waals surface area contributed by atoms with Crippen LogP contribution in [0, 0.1) is 40.4 Å². The smallest absolute Gasteiger partial charge is 0.133 e. The van der Waals surface area contributed by atoms with Gasteiger partial charge in [0, 0.05) is 12.8 Å². The van der Waals surface area contributed by atoms with Crippen LogP contribution < -0.4 is 0 Å². The van der Waals surface area contributed by atoms with E-state index < -0.39 is 12.2 Å². The van der Waals surface area contributed by atoms with E-state index in [0.29, 0.717) is 30.1 Å². The number of fused-ring (bicyclic) bond motifs is 5. The monoisotopic (exact) mass is 334 g/mol. The van der Waals surface area contributed by atoms with E-state index in [1.165, 1.54) is 32.1 Å². The minimum atomic E-state index is -0.719. The third kappa shape index (κ3) is 2.06. The molecule has 4 aliphatic rings. The van der Waals surface area contributed by atoms with Gasteiger partial charge in [-0.15, -0.1) is 0 Å². The number of carbonyl (C=O) groups excluding carboxylic acids is 1. The molecule has 2 N–H and O–H groups in total. The summed E-state index contributed by atoms with van der Waals surface area (Å²) >= 11 is 0. The second-order valence-electron chi connectivity index (χ2n) is 9.85.